The maximum Gasteiger partial charge on any atom is 0.126 e. The van der Waals surface area contributed by atoms with E-state index in [0.717, 1.165) is 6.42 Å². The Labute approximate surface area is 102 Å². The van der Waals surface area contributed by atoms with E-state index in [1.165, 1.54) is 12.1 Å². The molecule has 0 aliphatic heterocycles. The number of hydrogen-bond donors (Lipinski definition) is 1. The first-order valence-corrected chi connectivity index (χ1v) is 5.74. The van der Waals surface area contributed by atoms with Gasteiger partial charge in [0.2, 0.25) is 0 Å². The molecule has 0 spiro atoms. The Morgan fingerprint density at radius 3 is 2.65 bits per heavy atom. The van der Waals surface area contributed by atoms with Crippen molar-refractivity contribution >= 4 is 0 Å². The smallest absolute Gasteiger partial charge is 0.126 e. The number of likely N-dealkylation sites (N-methyl/N-ethyl adjacent to an activating group) is 1. The first-order chi connectivity index (χ1) is 7.98. The molecule has 0 aliphatic carbocycles. The van der Waals surface area contributed by atoms with Crippen LogP contribution in [0.5, 0.6) is 5.75 Å². The van der Waals surface area contributed by atoms with Crippen molar-refractivity contribution in [2.24, 2.45) is 5.73 Å². The van der Waals surface area contributed by atoms with E-state index in [0.29, 0.717) is 18.9 Å². The largest absolute Gasteiger partial charge is 0.493 e. The molecule has 1 rings (SSSR count). The molecule has 1 aromatic carbocycles. The van der Waals surface area contributed by atoms with Gasteiger partial charge >= 0.3 is 0 Å². The molecule has 2 N–H and O–H groups in total. The minimum atomic E-state index is -0.281. The van der Waals surface area contributed by atoms with E-state index in [9.17, 15) is 4.39 Å². The lowest BCUT2D eigenvalue weighted by atomic mass is 9.97. The van der Waals surface area contributed by atoms with Crippen molar-refractivity contribution in [1.82, 2.24) is 4.90 Å². The van der Waals surface area contributed by atoms with Gasteiger partial charge < -0.3 is 15.4 Å². The van der Waals surface area contributed by atoms with Crippen molar-refractivity contribution in [3.63, 3.8) is 0 Å². The fourth-order valence-corrected chi connectivity index (χ4v) is 1.45. The average molecular weight is 240 g/mol. The van der Waals surface area contributed by atoms with Crippen LogP contribution < -0.4 is 10.5 Å². The Bertz CT molecular complexity index is 357. The number of benzene rings is 1. The predicted molar refractivity (Wildman–Crippen MR) is 67.7 cm³/mol. The number of hydrogen-bond acceptors (Lipinski definition) is 3. The topological polar surface area (TPSA) is 38.5 Å². The standard InChI is InChI=1S/C13H21FN2O/c1-13(10-15,16(2)3)7-8-17-12-6-4-5-11(14)9-12/h4-6,9H,7-8,10,15H2,1-3H3. The Hall–Kier alpha value is -1.13. The van der Waals surface area contributed by atoms with Gasteiger partial charge in [-0.05, 0) is 33.2 Å². The molecule has 96 valence electrons. The minimum Gasteiger partial charge on any atom is -0.493 e. The Balaban J connectivity index is 2.47. The van der Waals surface area contributed by atoms with Gasteiger partial charge in [0, 0.05) is 24.6 Å². The third kappa shape index (κ3) is 3.98. The molecule has 1 atom stereocenters. The first-order valence-electron chi connectivity index (χ1n) is 5.74. The summed E-state index contributed by atoms with van der Waals surface area (Å²) < 4.78 is 18.4. The molecule has 1 unspecified atom stereocenters. The van der Waals surface area contributed by atoms with Gasteiger partial charge in [0.05, 0.1) is 6.61 Å². The Kier molecular flexibility index (Phi) is 4.90. The molecule has 0 radical (unpaired) electrons. The van der Waals surface area contributed by atoms with Crippen LogP contribution >= 0.6 is 0 Å². The van der Waals surface area contributed by atoms with E-state index in [-0.39, 0.29) is 11.4 Å². The number of nitrogens with two attached hydrogens (primary N) is 1. The maximum absolute atomic E-state index is 12.9. The highest BCUT2D eigenvalue weighted by Crippen LogP contribution is 2.17. The molecule has 0 amide bonds. The summed E-state index contributed by atoms with van der Waals surface area (Å²) in [7, 11) is 3.99. The summed E-state index contributed by atoms with van der Waals surface area (Å²) >= 11 is 0. The van der Waals surface area contributed by atoms with Gasteiger partial charge in [-0.1, -0.05) is 6.07 Å². The lowest BCUT2D eigenvalue weighted by molar-refractivity contribution is 0.139. The highest BCUT2D eigenvalue weighted by molar-refractivity contribution is 5.22. The molecule has 0 fully saturated rings. The van der Waals surface area contributed by atoms with E-state index < -0.39 is 0 Å². The molecule has 3 nitrogen and oxygen atoms in total. The Morgan fingerprint density at radius 1 is 1.41 bits per heavy atom. The third-order valence-electron chi connectivity index (χ3n) is 3.22. The van der Waals surface area contributed by atoms with Gasteiger partial charge in [-0.25, -0.2) is 4.39 Å². The Morgan fingerprint density at radius 2 is 2.12 bits per heavy atom. The molecule has 17 heavy (non-hydrogen) atoms. The summed E-state index contributed by atoms with van der Waals surface area (Å²) in [6, 6.07) is 6.17. The van der Waals surface area contributed by atoms with E-state index in [1.54, 1.807) is 12.1 Å². The van der Waals surface area contributed by atoms with Crippen LogP contribution in [0.1, 0.15) is 13.3 Å². The van der Waals surface area contributed by atoms with Crippen LogP contribution in [-0.2, 0) is 0 Å². The molecular formula is C13H21FN2O. The molecule has 0 aromatic heterocycles. The molecule has 0 aliphatic rings. The minimum absolute atomic E-state index is 0.0900. The van der Waals surface area contributed by atoms with Crippen LogP contribution in [0.15, 0.2) is 24.3 Å². The number of halogens is 1. The monoisotopic (exact) mass is 240 g/mol. The second kappa shape index (κ2) is 5.98. The molecular weight excluding hydrogens is 219 g/mol. The van der Waals surface area contributed by atoms with Crippen molar-refractivity contribution < 1.29 is 9.13 Å². The van der Waals surface area contributed by atoms with Crippen molar-refractivity contribution in [2.45, 2.75) is 18.9 Å². The van der Waals surface area contributed by atoms with Crippen LogP contribution in [0.4, 0.5) is 4.39 Å². The van der Waals surface area contributed by atoms with E-state index in [2.05, 4.69) is 11.8 Å². The zero-order valence-corrected chi connectivity index (χ0v) is 10.7. The summed E-state index contributed by atoms with van der Waals surface area (Å²) in [6.07, 6.45) is 0.799. The van der Waals surface area contributed by atoms with Crippen molar-refractivity contribution in [2.75, 3.05) is 27.2 Å². The summed E-state index contributed by atoms with van der Waals surface area (Å²) in [5, 5.41) is 0. The van der Waals surface area contributed by atoms with Crippen molar-refractivity contribution in [3.05, 3.63) is 30.1 Å². The third-order valence-corrected chi connectivity index (χ3v) is 3.22. The zero-order chi connectivity index (χ0) is 12.9. The lowest BCUT2D eigenvalue weighted by Gasteiger charge is -2.35. The molecule has 0 heterocycles. The fourth-order valence-electron chi connectivity index (χ4n) is 1.45. The second-order valence-corrected chi connectivity index (χ2v) is 4.65. The number of ether oxygens (including phenoxy) is 1. The van der Waals surface area contributed by atoms with E-state index in [1.807, 2.05) is 14.1 Å². The van der Waals surface area contributed by atoms with Crippen LogP contribution in [0.2, 0.25) is 0 Å². The maximum atomic E-state index is 12.9. The summed E-state index contributed by atoms with van der Waals surface area (Å²) in [4.78, 5) is 2.09. The van der Waals surface area contributed by atoms with Gasteiger partial charge in [-0.15, -0.1) is 0 Å². The second-order valence-electron chi connectivity index (χ2n) is 4.65. The number of rotatable bonds is 6. The van der Waals surface area contributed by atoms with Crippen LogP contribution in [0, 0.1) is 5.82 Å². The van der Waals surface area contributed by atoms with Gasteiger partial charge in [0.15, 0.2) is 0 Å². The molecule has 1 aromatic rings. The normalized spacial score (nSPS) is 14.7. The molecule has 0 bridgehead atoms. The SMILES string of the molecule is CN(C)C(C)(CN)CCOc1cccc(F)c1. The van der Waals surface area contributed by atoms with Gasteiger partial charge in [-0.2, -0.15) is 0 Å². The molecule has 4 heteroatoms. The van der Waals surface area contributed by atoms with Crippen LogP contribution in [0.3, 0.4) is 0 Å². The molecule has 0 saturated carbocycles. The van der Waals surface area contributed by atoms with E-state index in [4.69, 9.17) is 10.5 Å². The van der Waals surface area contributed by atoms with Crippen molar-refractivity contribution in [1.29, 1.82) is 0 Å². The molecule has 0 saturated heterocycles. The van der Waals surface area contributed by atoms with Crippen molar-refractivity contribution in [3.8, 4) is 5.75 Å². The summed E-state index contributed by atoms with van der Waals surface area (Å²) in [5.74, 6) is 0.278. The van der Waals surface area contributed by atoms with Crippen LogP contribution in [0.25, 0.3) is 0 Å². The van der Waals surface area contributed by atoms with E-state index >= 15 is 0 Å². The fraction of sp³-hybridized carbons (Fsp3) is 0.538. The first kappa shape index (κ1) is 13.9. The van der Waals surface area contributed by atoms with Gasteiger partial charge in [0.1, 0.15) is 11.6 Å². The van der Waals surface area contributed by atoms with Gasteiger partial charge in [-0.3, -0.25) is 0 Å². The average Bonchev–Trinajstić information content (AvgIpc) is 2.28. The summed E-state index contributed by atoms with van der Waals surface area (Å²) in [5.41, 5.74) is 5.66. The number of nitrogens with zero attached hydrogens (tertiary/aromatic N) is 1. The lowest BCUT2D eigenvalue weighted by Crippen LogP contribution is -2.48. The van der Waals surface area contributed by atoms with Crippen LogP contribution in [-0.4, -0.2) is 37.7 Å². The quantitative estimate of drug-likeness (QED) is 0.825. The predicted octanol–water partition coefficient (Wildman–Crippen LogP) is 1.87. The highest BCUT2D eigenvalue weighted by atomic mass is 19.1. The zero-order valence-electron chi connectivity index (χ0n) is 10.7. The highest BCUT2D eigenvalue weighted by Gasteiger charge is 2.24. The van der Waals surface area contributed by atoms with Gasteiger partial charge in [0.25, 0.3) is 0 Å². The summed E-state index contributed by atoms with van der Waals surface area (Å²) in [6.45, 7) is 3.17.